The van der Waals surface area contributed by atoms with Crippen LogP contribution in [-0.2, 0) is 9.59 Å². The van der Waals surface area contributed by atoms with Crippen LogP contribution in [0.1, 0.15) is 29.5 Å². The molecule has 0 bridgehead atoms. The lowest BCUT2D eigenvalue weighted by atomic mass is 9.95. The van der Waals surface area contributed by atoms with E-state index in [1.807, 2.05) is 36.9 Å². The number of benzene rings is 2. The Labute approximate surface area is 175 Å². The molecule has 0 radical (unpaired) electrons. The van der Waals surface area contributed by atoms with Gasteiger partial charge in [0.05, 0.1) is 11.3 Å². The Bertz CT molecular complexity index is 1050. The maximum absolute atomic E-state index is 14.5. The molecule has 1 saturated heterocycles. The number of para-hydroxylation sites is 1. The third kappa shape index (κ3) is 3.41. The molecule has 1 unspecified atom stereocenters. The minimum absolute atomic E-state index is 0.0296. The number of rotatable bonds is 4. The van der Waals surface area contributed by atoms with Gasteiger partial charge >= 0.3 is 0 Å². The van der Waals surface area contributed by atoms with Crippen LogP contribution >= 0.6 is 0 Å². The van der Waals surface area contributed by atoms with Crippen molar-refractivity contribution in [2.75, 3.05) is 24.6 Å². The molecule has 1 fully saturated rings. The van der Waals surface area contributed by atoms with E-state index in [0.29, 0.717) is 29.9 Å². The summed E-state index contributed by atoms with van der Waals surface area (Å²) in [6, 6.07) is 11.5. The number of imide groups is 1. The van der Waals surface area contributed by atoms with Gasteiger partial charge in [-0.2, -0.15) is 0 Å². The number of aliphatic hydroxyl groups is 1. The van der Waals surface area contributed by atoms with Crippen LogP contribution in [0.3, 0.4) is 0 Å². The lowest BCUT2D eigenvalue weighted by Crippen LogP contribution is -2.40. The van der Waals surface area contributed by atoms with Crippen LogP contribution in [0.2, 0.25) is 0 Å². The molecular formula is C24H25FN2O3. The van der Waals surface area contributed by atoms with Crippen molar-refractivity contribution in [3.63, 3.8) is 0 Å². The number of likely N-dealkylation sites (tertiary alicyclic amines) is 1. The summed E-state index contributed by atoms with van der Waals surface area (Å²) >= 11 is 0. The van der Waals surface area contributed by atoms with Gasteiger partial charge in [-0.1, -0.05) is 35.9 Å². The highest BCUT2D eigenvalue weighted by Gasteiger charge is 2.44. The maximum Gasteiger partial charge on any atom is 0.282 e. The predicted molar refractivity (Wildman–Crippen MR) is 113 cm³/mol. The summed E-state index contributed by atoms with van der Waals surface area (Å²) in [5, 5.41) is 9.64. The normalized spacial score (nSPS) is 19.8. The molecule has 4 rings (SSSR count). The summed E-state index contributed by atoms with van der Waals surface area (Å²) in [5.41, 5.74) is 3.18. The predicted octanol–water partition coefficient (Wildman–Crippen LogP) is 3.43. The van der Waals surface area contributed by atoms with Crippen molar-refractivity contribution in [1.29, 1.82) is 0 Å². The van der Waals surface area contributed by atoms with Gasteiger partial charge in [-0.25, -0.2) is 9.29 Å². The number of anilines is 1. The summed E-state index contributed by atoms with van der Waals surface area (Å²) in [7, 11) is 0. The Balaban J connectivity index is 1.87. The number of carbonyl (C=O) groups excluding carboxylic acids is 2. The second kappa shape index (κ2) is 8.03. The largest absolute Gasteiger partial charge is 0.396 e. The first-order chi connectivity index (χ1) is 14.4. The van der Waals surface area contributed by atoms with E-state index in [1.165, 1.54) is 18.2 Å². The number of amides is 2. The maximum atomic E-state index is 14.5. The van der Waals surface area contributed by atoms with Crippen LogP contribution in [0.15, 0.2) is 48.2 Å². The summed E-state index contributed by atoms with van der Waals surface area (Å²) in [6.45, 7) is 5.01. The molecule has 2 aliphatic heterocycles. The lowest BCUT2D eigenvalue weighted by molar-refractivity contribution is -0.121. The topological polar surface area (TPSA) is 60.9 Å². The van der Waals surface area contributed by atoms with Gasteiger partial charge in [0.1, 0.15) is 11.5 Å². The first-order valence-electron chi connectivity index (χ1n) is 10.2. The molecular weight excluding hydrogens is 383 g/mol. The van der Waals surface area contributed by atoms with Gasteiger partial charge in [-0.05, 0) is 55.9 Å². The van der Waals surface area contributed by atoms with E-state index >= 15 is 0 Å². The fourth-order valence-corrected chi connectivity index (χ4v) is 4.42. The first-order valence-corrected chi connectivity index (χ1v) is 10.2. The monoisotopic (exact) mass is 408 g/mol. The zero-order valence-electron chi connectivity index (χ0n) is 17.2. The van der Waals surface area contributed by atoms with Gasteiger partial charge in [-0.3, -0.25) is 9.59 Å². The van der Waals surface area contributed by atoms with Crippen LogP contribution < -0.4 is 4.90 Å². The molecule has 0 spiro atoms. The molecule has 0 saturated carbocycles. The number of aryl methyl sites for hydroxylation is 2. The van der Waals surface area contributed by atoms with Crippen LogP contribution in [0.25, 0.3) is 5.57 Å². The fraction of sp³-hybridized carbons (Fsp3) is 0.333. The molecule has 1 atom stereocenters. The minimum Gasteiger partial charge on any atom is -0.396 e. The van der Waals surface area contributed by atoms with E-state index in [0.717, 1.165) is 28.9 Å². The Morgan fingerprint density at radius 1 is 1.10 bits per heavy atom. The highest BCUT2D eigenvalue weighted by atomic mass is 19.1. The minimum atomic E-state index is -0.618. The Morgan fingerprint density at radius 3 is 2.57 bits per heavy atom. The molecule has 2 aromatic carbocycles. The molecule has 2 amide bonds. The number of carbonyl (C=O) groups is 2. The van der Waals surface area contributed by atoms with Gasteiger partial charge < -0.3 is 10.0 Å². The molecule has 0 aliphatic carbocycles. The fourth-order valence-electron chi connectivity index (χ4n) is 4.42. The van der Waals surface area contributed by atoms with Gasteiger partial charge in [0, 0.05) is 19.7 Å². The summed E-state index contributed by atoms with van der Waals surface area (Å²) in [5.74, 6) is -1.61. The standard InChI is InChI=1S/C24H25FN2O3/c1-15-9-10-18(16(2)12-15)21-22(26-11-5-6-17(13-26)14-28)24(30)27(23(21)29)20-8-4-3-7-19(20)25/h3-4,7-10,12,17,28H,5-6,11,13-14H2,1-2H3. The van der Waals surface area contributed by atoms with Crippen LogP contribution in [0, 0.1) is 25.6 Å². The van der Waals surface area contributed by atoms with Crippen molar-refractivity contribution in [2.45, 2.75) is 26.7 Å². The number of nitrogens with zero attached hydrogens (tertiary/aromatic N) is 2. The SMILES string of the molecule is Cc1ccc(C2=C(N3CCCC(CO)C3)C(=O)N(c3ccccc3F)C2=O)c(C)c1. The zero-order chi connectivity index (χ0) is 21.4. The molecule has 2 heterocycles. The molecule has 2 aliphatic rings. The molecule has 6 heteroatoms. The van der Waals surface area contributed by atoms with Gasteiger partial charge in [0.15, 0.2) is 0 Å². The first kappa shape index (κ1) is 20.3. The highest BCUT2D eigenvalue weighted by Crippen LogP contribution is 2.38. The van der Waals surface area contributed by atoms with Crippen molar-refractivity contribution < 1.29 is 19.1 Å². The number of hydrogen-bond acceptors (Lipinski definition) is 4. The smallest absolute Gasteiger partial charge is 0.282 e. The van der Waals surface area contributed by atoms with Crippen LogP contribution in [0.4, 0.5) is 10.1 Å². The Hall–Kier alpha value is -2.99. The third-order valence-electron chi connectivity index (χ3n) is 5.90. The van der Waals surface area contributed by atoms with Crippen molar-refractivity contribution in [3.05, 3.63) is 70.7 Å². The molecule has 5 nitrogen and oxygen atoms in total. The average molecular weight is 408 g/mol. The van der Waals surface area contributed by atoms with Crippen molar-refractivity contribution in [1.82, 2.24) is 4.90 Å². The zero-order valence-corrected chi connectivity index (χ0v) is 17.2. The molecule has 2 aromatic rings. The summed E-state index contributed by atoms with van der Waals surface area (Å²) in [6.07, 6.45) is 1.69. The number of halogens is 1. The van der Waals surface area contributed by atoms with Gasteiger partial charge in [0.2, 0.25) is 0 Å². The van der Waals surface area contributed by atoms with E-state index in [1.54, 1.807) is 6.07 Å². The lowest BCUT2D eigenvalue weighted by Gasteiger charge is -2.34. The van der Waals surface area contributed by atoms with E-state index in [9.17, 15) is 19.1 Å². The quantitative estimate of drug-likeness (QED) is 0.788. The number of aliphatic hydroxyl groups excluding tert-OH is 1. The molecule has 0 aromatic heterocycles. The summed E-state index contributed by atoms with van der Waals surface area (Å²) < 4.78 is 14.5. The number of hydrogen-bond donors (Lipinski definition) is 1. The second-order valence-electron chi connectivity index (χ2n) is 8.08. The highest BCUT2D eigenvalue weighted by molar-refractivity contribution is 6.45. The van der Waals surface area contributed by atoms with E-state index < -0.39 is 17.6 Å². The molecule has 156 valence electrons. The summed E-state index contributed by atoms with van der Waals surface area (Å²) in [4.78, 5) is 29.9. The Kier molecular flexibility index (Phi) is 5.43. The van der Waals surface area contributed by atoms with Crippen molar-refractivity contribution in [2.24, 2.45) is 5.92 Å². The number of piperidine rings is 1. The molecule has 30 heavy (non-hydrogen) atoms. The molecule has 1 N–H and O–H groups in total. The van der Waals surface area contributed by atoms with Gasteiger partial charge in [-0.15, -0.1) is 0 Å². The second-order valence-corrected chi connectivity index (χ2v) is 8.08. The third-order valence-corrected chi connectivity index (χ3v) is 5.90. The van der Waals surface area contributed by atoms with E-state index in [4.69, 9.17) is 0 Å². The Morgan fingerprint density at radius 2 is 1.87 bits per heavy atom. The van der Waals surface area contributed by atoms with Gasteiger partial charge in [0.25, 0.3) is 11.8 Å². The van der Waals surface area contributed by atoms with Crippen LogP contribution in [-0.4, -0.2) is 41.5 Å². The van der Waals surface area contributed by atoms with Crippen molar-refractivity contribution in [3.8, 4) is 0 Å². The van der Waals surface area contributed by atoms with E-state index in [-0.39, 0.29) is 18.2 Å². The van der Waals surface area contributed by atoms with Crippen LogP contribution in [0.5, 0.6) is 0 Å². The van der Waals surface area contributed by atoms with E-state index in [2.05, 4.69) is 0 Å². The average Bonchev–Trinajstić information content (AvgIpc) is 2.99. The van der Waals surface area contributed by atoms with Crippen molar-refractivity contribution >= 4 is 23.1 Å².